The average Bonchev–Trinajstić information content (AvgIpc) is 2.69. The molecule has 8 heteroatoms. The Hall–Kier alpha value is -2.74. The Labute approximate surface area is 178 Å². The molecule has 0 radical (unpaired) electrons. The van der Waals surface area contributed by atoms with Crippen LogP contribution in [-0.4, -0.2) is 33.1 Å². The standard InChI is InChI=1S/C21H25BrN2O5/c1-21(2,3)14-8-7-12(9-15(14)22)19(25)23-24-20(26)13-10-16(27-4)18(29-6)17(11-13)28-5/h7-11H,1-6H3,(H,23,25)(H,24,26). The topological polar surface area (TPSA) is 85.9 Å². The summed E-state index contributed by atoms with van der Waals surface area (Å²) in [7, 11) is 4.39. The van der Waals surface area contributed by atoms with Crippen LogP contribution in [0.2, 0.25) is 0 Å². The number of amides is 2. The zero-order valence-electron chi connectivity index (χ0n) is 17.3. The molecule has 0 aromatic heterocycles. The van der Waals surface area contributed by atoms with E-state index in [0.717, 1.165) is 10.0 Å². The fourth-order valence-electron chi connectivity index (χ4n) is 2.73. The van der Waals surface area contributed by atoms with Crippen molar-refractivity contribution in [2.24, 2.45) is 0 Å². The lowest BCUT2D eigenvalue weighted by molar-refractivity contribution is 0.0846. The summed E-state index contributed by atoms with van der Waals surface area (Å²) in [5, 5.41) is 0. The monoisotopic (exact) mass is 464 g/mol. The minimum Gasteiger partial charge on any atom is -0.493 e. The zero-order valence-corrected chi connectivity index (χ0v) is 18.9. The largest absolute Gasteiger partial charge is 0.493 e. The summed E-state index contributed by atoms with van der Waals surface area (Å²) in [6.45, 7) is 6.26. The first-order chi connectivity index (χ1) is 13.6. The number of carbonyl (C=O) groups excluding carboxylic acids is 2. The molecule has 0 unspecified atom stereocenters. The van der Waals surface area contributed by atoms with Crippen molar-refractivity contribution in [2.75, 3.05) is 21.3 Å². The predicted molar refractivity (Wildman–Crippen MR) is 114 cm³/mol. The maximum Gasteiger partial charge on any atom is 0.269 e. The SMILES string of the molecule is COc1cc(C(=O)NNC(=O)c2ccc(C(C)(C)C)c(Br)c2)cc(OC)c1OC. The van der Waals surface area contributed by atoms with Crippen molar-refractivity contribution < 1.29 is 23.8 Å². The van der Waals surface area contributed by atoms with Crippen molar-refractivity contribution in [2.45, 2.75) is 26.2 Å². The third-order valence-corrected chi connectivity index (χ3v) is 4.91. The molecule has 0 saturated heterocycles. The Morgan fingerprint density at radius 2 is 1.34 bits per heavy atom. The number of benzene rings is 2. The van der Waals surface area contributed by atoms with Gasteiger partial charge in [-0.2, -0.15) is 0 Å². The van der Waals surface area contributed by atoms with Gasteiger partial charge in [0.05, 0.1) is 21.3 Å². The van der Waals surface area contributed by atoms with Crippen molar-refractivity contribution in [1.29, 1.82) is 0 Å². The zero-order chi connectivity index (χ0) is 21.8. The number of hydrazine groups is 1. The Bertz CT molecular complexity index is 897. The third-order valence-electron chi connectivity index (χ3n) is 4.26. The molecule has 0 aliphatic rings. The molecular formula is C21H25BrN2O5. The first-order valence-electron chi connectivity index (χ1n) is 8.83. The van der Waals surface area contributed by atoms with Gasteiger partial charge in [0.15, 0.2) is 11.5 Å². The van der Waals surface area contributed by atoms with Crippen LogP contribution >= 0.6 is 15.9 Å². The predicted octanol–water partition coefficient (Wildman–Crippen LogP) is 3.85. The Balaban J connectivity index is 2.15. The Morgan fingerprint density at radius 3 is 1.76 bits per heavy atom. The molecule has 2 aromatic rings. The summed E-state index contributed by atoms with van der Waals surface area (Å²) >= 11 is 3.51. The van der Waals surface area contributed by atoms with E-state index >= 15 is 0 Å². The van der Waals surface area contributed by atoms with Crippen LogP contribution in [-0.2, 0) is 5.41 Å². The number of halogens is 1. The van der Waals surface area contributed by atoms with Gasteiger partial charge in [-0.1, -0.05) is 42.8 Å². The van der Waals surface area contributed by atoms with Crippen molar-refractivity contribution in [3.8, 4) is 17.2 Å². The second-order valence-corrected chi connectivity index (χ2v) is 8.12. The number of ether oxygens (including phenoxy) is 3. The minimum absolute atomic E-state index is 0.0610. The van der Waals surface area contributed by atoms with Crippen LogP contribution in [0, 0.1) is 0 Å². The van der Waals surface area contributed by atoms with Gasteiger partial charge in [-0.25, -0.2) is 0 Å². The van der Waals surface area contributed by atoms with Gasteiger partial charge >= 0.3 is 0 Å². The summed E-state index contributed by atoms with van der Waals surface area (Å²) in [5.41, 5.74) is 6.48. The summed E-state index contributed by atoms with van der Waals surface area (Å²) < 4.78 is 16.5. The normalized spacial score (nSPS) is 10.9. The van der Waals surface area contributed by atoms with Gasteiger partial charge in [-0.15, -0.1) is 0 Å². The molecule has 0 atom stereocenters. The van der Waals surface area contributed by atoms with Crippen molar-refractivity contribution in [3.05, 3.63) is 51.5 Å². The number of carbonyl (C=O) groups is 2. The maximum atomic E-state index is 12.5. The van der Waals surface area contributed by atoms with Crippen molar-refractivity contribution in [3.63, 3.8) is 0 Å². The smallest absolute Gasteiger partial charge is 0.269 e. The molecule has 2 aromatic carbocycles. The van der Waals surface area contributed by atoms with Crippen LogP contribution in [0.3, 0.4) is 0 Å². The maximum absolute atomic E-state index is 12.5. The molecule has 29 heavy (non-hydrogen) atoms. The minimum atomic E-state index is -0.525. The number of hydrogen-bond acceptors (Lipinski definition) is 5. The molecule has 0 fully saturated rings. The van der Waals surface area contributed by atoms with Crippen LogP contribution in [0.4, 0.5) is 0 Å². The Morgan fingerprint density at radius 1 is 0.828 bits per heavy atom. The van der Waals surface area contributed by atoms with E-state index in [-0.39, 0.29) is 11.0 Å². The van der Waals surface area contributed by atoms with Crippen LogP contribution in [0.1, 0.15) is 47.1 Å². The second kappa shape index (κ2) is 9.17. The Kier molecular flexibility index (Phi) is 7.13. The molecule has 156 valence electrons. The molecule has 0 aliphatic carbocycles. The van der Waals surface area contributed by atoms with Crippen LogP contribution < -0.4 is 25.1 Å². The first kappa shape index (κ1) is 22.5. The van der Waals surface area contributed by atoms with E-state index in [1.54, 1.807) is 12.1 Å². The second-order valence-electron chi connectivity index (χ2n) is 7.27. The van der Waals surface area contributed by atoms with E-state index in [4.69, 9.17) is 14.2 Å². The molecular weight excluding hydrogens is 440 g/mol. The molecule has 0 saturated carbocycles. The van der Waals surface area contributed by atoms with E-state index in [1.165, 1.54) is 33.5 Å². The third kappa shape index (κ3) is 5.20. The molecule has 2 rings (SSSR count). The average molecular weight is 465 g/mol. The number of methoxy groups -OCH3 is 3. The molecule has 7 nitrogen and oxygen atoms in total. The summed E-state index contributed by atoms with van der Waals surface area (Å²) in [4.78, 5) is 24.9. The lowest BCUT2D eigenvalue weighted by atomic mass is 9.86. The quantitative estimate of drug-likeness (QED) is 0.656. The van der Waals surface area contributed by atoms with Gasteiger partial charge in [-0.05, 0) is 35.2 Å². The van der Waals surface area contributed by atoms with Crippen molar-refractivity contribution >= 4 is 27.7 Å². The molecule has 0 aliphatic heterocycles. The van der Waals surface area contributed by atoms with E-state index in [2.05, 4.69) is 47.6 Å². The van der Waals surface area contributed by atoms with E-state index < -0.39 is 11.8 Å². The van der Waals surface area contributed by atoms with Gasteiger partial charge in [0.25, 0.3) is 11.8 Å². The fourth-order valence-corrected chi connectivity index (χ4v) is 3.71. The van der Waals surface area contributed by atoms with E-state index in [0.29, 0.717) is 22.8 Å². The van der Waals surface area contributed by atoms with Gasteiger partial charge < -0.3 is 14.2 Å². The summed E-state index contributed by atoms with van der Waals surface area (Å²) in [6, 6.07) is 8.32. The van der Waals surface area contributed by atoms with Gasteiger partial charge in [0.2, 0.25) is 5.75 Å². The van der Waals surface area contributed by atoms with E-state index in [9.17, 15) is 9.59 Å². The van der Waals surface area contributed by atoms with Gasteiger partial charge in [0, 0.05) is 15.6 Å². The first-order valence-corrected chi connectivity index (χ1v) is 9.62. The van der Waals surface area contributed by atoms with E-state index in [1.807, 2.05) is 6.07 Å². The molecule has 0 spiro atoms. The highest BCUT2D eigenvalue weighted by Gasteiger charge is 2.20. The highest BCUT2D eigenvalue weighted by molar-refractivity contribution is 9.10. The van der Waals surface area contributed by atoms with Gasteiger partial charge in [-0.3, -0.25) is 20.4 Å². The highest BCUT2D eigenvalue weighted by Crippen LogP contribution is 2.38. The molecule has 0 bridgehead atoms. The van der Waals surface area contributed by atoms with Crippen LogP contribution in [0.15, 0.2) is 34.8 Å². The lowest BCUT2D eigenvalue weighted by Gasteiger charge is -2.21. The van der Waals surface area contributed by atoms with Crippen LogP contribution in [0.5, 0.6) is 17.2 Å². The summed E-state index contributed by atoms with van der Waals surface area (Å²) in [5.74, 6) is 0.0874. The van der Waals surface area contributed by atoms with Crippen LogP contribution in [0.25, 0.3) is 0 Å². The van der Waals surface area contributed by atoms with Gasteiger partial charge in [0.1, 0.15) is 0 Å². The number of rotatable bonds is 5. The summed E-state index contributed by atoms with van der Waals surface area (Å²) in [6.07, 6.45) is 0. The highest BCUT2D eigenvalue weighted by atomic mass is 79.9. The molecule has 2 N–H and O–H groups in total. The lowest BCUT2D eigenvalue weighted by Crippen LogP contribution is -2.41. The number of nitrogens with one attached hydrogen (secondary N) is 2. The number of hydrogen-bond donors (Lipinski definition) is 2. The molecule has 0 heterocycles. The van der Waals surface area contributed by atoms with Crippen molar-refractivity contribution in [1.82, 2.24) is 10.9 Å². The molecule has 2 amide bonds. The fraction of sp³-hybridized carbons (Fsp3) is 0.333.